The minimum absolute atomic E-state index is 0.327. The molecule has 1 rings (SSSR count). The Morgan fingerprint density at radius 1 is 1.57 bits per heavy atom. The molecule has 1 aromatic rings. The zero-order chi connectivity index (χ0) is 10.9. The fourth-order valence-electron chi connectivity index (χ4n) is 0.846. The monoisotopic (exact) mass is 217 g/mol. The largest absolute Gasteiger partial charge is 0.365 e. The third-order valence-corrected chi connectivity index (χ3v) is 2.48. The van der Waals surface area contributed by atoms with Gasteiger partial charge in [-0.3, -0.25) is 9.78 Å². The second-order valence-electron chi connectivity index (χ2n) is 2.57. The number of hydrogen-bond acceptors (Lipinski definition) is 5. The van der Waals surface area contributed by atoms with Gasteiger partial charge in [-0.1, -0.05) is 0 Å². The van der Waals surface area contributed by atoms with Crippen molar-refractivity contribution in [3.8, 4) is 0 Å². The van der Waals surface area contributed by atoms with Crippen LogP contribution in [0, 0.1) is 0 Å². The predicted molar refractivity (Wildman–Crippen MR) is 46.5 cm³/mol. The molecule has 14 heavy (non-hydrogen) atoms. The highest BCUT2D eigenvalue weighted by Crippen LogP contribution is 2.07. The van der Waals surface area contributed by atoms with E-state index in [2.05, 4.69) is 4.98 Å². The Hall–Kier alpha value is -1.70. The summed E-state index contributed by atoms with van der Waals surface area (Å²) in [6.45, 7) is 0. The number of aromatic nitrogens is 2. The Morgan fingerprint density at radius 2 is 2.14 bits per heavy atom. The maximum Gasteiger partial charge on any atom is 0.345 e. The molecule has 0 unspecified atom stereocenters. The molecule has 1 heterocycles. The van der Waals surface area contributed by atoms with Crippen LogP contribution in [-0.4, -0.2) is 30.5 Å². The molecule has 0 spiro atoms. The van der Waals surface area contributed by atoms with Crippen molar-refractivity contribution in [3.05, 3.63) is 22.2 Å². The van der Waals surface area contributed by atoms with Crippen molar-refractivity contribution in [2.24, 2.45) is 5.73 Å². The summed E-state index contributed by atoms with van der Waals surface area (Å²) in [5.41, 5.74) is 3.72. The van der Waals surface area contributed by atoms with Crippen LogP contribution in [0.5, 0.6) is 0 Å². The minimum Gasteiger partial charge on any atom is -0.365 e. The molecule has 76 valence electrons. The standard InChI is InChI=1S/C6H7N3O4S/c1-14(12,13)5-3(4(7)10)2-8-6(11)9-5/h2H,1H3,(H2,7,10)(H,8,9,11). The number of aromatic amines is 1. The molecule has 1 aromatic heterocycles. The molecule has 0 fully saturated rings. The van der Waals surface area contributed by atoms with E-state index in [4.69, 9.17) is 5.73 Å². The molecule has 0 saturated carbocycles. The molecular formula is C6H7N3O4S. The zero-order valence-electron chi connectivity index (χ0n) is 7.14. The van der Waals surface area contributed by atoms with E-state index in [1.54, 1.807) is 0 Å². The van der Waals surface area contributed by atoms with Gasteiger partial charge in [0.2, 0.25) is 0 Å². The van der Waals surface area contributed by atoms with Crippen LogP contribution in [0.3, 0.4) is 0 Å². The van der Waals surface area contributed by atoms with Gasteiger partial charge in [-0.25, -0.2) is 18.2 Å². The topological polar surface area (TPSA) is 123 Å². The second-order valence-corrected chi connectivity index (χ2v) is 4.52. The summed E-state index contributed by atoms with van der Waals surface area (Å²) in [6.07, 6.45) is 1.68. The first-order chi connectivity index (χ1) is 6.32. The number of nitrogens with one attached hydrogen (secondary N) is 1. The van der Waals surface area contributed by atoms with E-state index in [1.165, 1.54) is 0 Å². The van der Waals surface area contributed by atoms with E-state index in [0.717, 1.165) is 12.5 Å². The van der Waals surface area contributed by atoms with Crippen molar-refractivity contribution in [2.45, 2.75) is 5.03 Å². The van der Waals surface area contributed by atoms with Crippen molar-refractivity contribution >= 4 is 15.7 Å². The number of sulfone groups is 1. The van der Waals surface area contributed by atoms with Gasteiger partial charge in [-0.15, -0.1) is 0 Å². The average Bonchev–Trinajstić information content (AvgIpc) is 2.01. The van der Waals surface area contributed by atoms with Gasteiger partial charge < -0.3 is 5.73 Å². The molecule has 0 saturated heterocycles. The van der Waals surface area contributed by atoms with Crippen LogP contribution in [0.2, 0.25) is 0 Å². The van der Waals surface area contributed by atoms with Gasteiger partial charge in [0, 0.05) is 12.5 Å². The Balaban J connectivity index is 3.62. The third-order valence-electron chi connectivity index (χ3n) is 1.41. The smallest absolute Gasteiger partial charge is 0.345 e. The van der Waals surface area contributed by atoms with Crippen molar-refractivity contribution in [2.75, 3.05) is 6.26 Å². The van der Waals surface area contributed by atoms with Crippen LogP contribution >= 0.6 is 0 Å². The maximum atomic E-state index is 11.1. The van der Waals surface area contributed by atoms with Crippen LogP contribution in [0.4, 0.5) is 0 Å². The summed E-state index contributed by atoms with van der Waals surface area (Å²) in [6, 6.07) is 0. The quantitative estimate of drug-likeness (QED) is 0.570. The number of amides is 1. The van der Waals surface area contributed by atoms with E-state index in [1.807, 2.05) is 4.98 Å². The predicted octanol–water partition coefficient (Wildman–Crippen LogP) is -1.73. The summed E-state index contributed by atoms with van der Waals surface area (Å²) < 4.78 is 22.2. The van der Waals surface area contributed by atoms with E-state index in [-0.39, 0.29) is 5.56 Å². The number of H-pyrrole nitrogens is 1. The van der Waals surface area contributed by atoms with Gasteiger partial charge in [0.1, 0.15) is 0 Å². The molecule has 1 amide bonds. The molecule has 0 aromatic carbocycles. The Bertz CT molecular complexity index is 530. The normalized spacial score (nSPS) is 11.2. The van der Waals surface area contributed by atoms with Crippen LogP contribution in [0.25, 0.3) is 0 Å². The summed E-state index contributed by atoms with van der Waals surface area (Å²) in [5.74, 6) is -0.964. The molecule has 0 aliphatic heterocycles. The Morgan fingerprint density at radius 3 is 2.57 bits per heavy atom. The number of rotatable bonds is 2. The van der Waals surface area contributed by atoms with Crippen LogP contribution in [0.15, 0.2) is 16.0 Å². The summed E-state index contributed by atoms with van der Waals surface area (Å²) in [7, 11) is -3.70. The van der Waals surface area contributed by atoms with Crippen molar-refractivity contribution in [1.82, 2.24) is 9.97 Å². The molecule has 0 bridgehead atoms. The Kier molecular flexibility index (Phi) is 2.39. The van der Waals surface area contributed by atoms with Crippen LogP contribution < -0.4 is 11.4 Å². The average molecular weight is 217 g/mol. The molecule has 8 heteroatoms. The van der Waals surface area contributed by atoms with Crippen molar-refractivity contribution in [3.63, 3.8) is 0 Å². The fraction of sp³-hybridized carbons (Fsp3) is 0.167. The first-order valence-corrected chi connectivity index (χ1v) is 5.30. The highest BCUT2D eigenvalue weighted by Gasteiger charge is 2.18. The van der Waals surface area contributed by atoms with Gasteiger partial charge in [0.15, 0.2) is 14.9 Å². The summed E-state index contributed by atoms with van der Waals surface area (Å²) >= 11 is 0. The number of primary amides is 1. The molecule has 0 atom stereocenters. The number of nitrogens with two attached hydrogens (primary N) is 1. The van der Waals surface area contributed by atoms with Crippen LogP contribution in [-0.2, 0) is 9.84 Å². The van der Waals surface area contributed by atoms with Gasteiger partial charge >= 0.3 is 5.69 Å². The molecule has 3 N–H and O–H groups in total. The lowest BCUT2D eigenvalue weighted by molar-refractivity contribution is 0.0996. The molecule has 0 radical (unpaired) electrons. The number of hydrogen-bond donors (Lipinski definition) is 2. The molecule has 7 nitrogen and oxygen atoms in total. The van der Waals surface area contributed by atoms with Gasteiger partial charge in [-0.05, 0) is 0 Å². The maximum absolute atomic E-state index is 11.1. The zero-order valence-corrected chi connectivity index (χ0v) is 7.96. The number of nitrogens with zero attached hydrogens (tertiary/aromatic N) is 1. The SMILES string of the molecule is CS(=O)(=O)c1[nH]c(=O)ncc1C(N)=O. The van der Waals surface area contributed by atoms with E-state index >= 15 is 0 Å². The lowest BCUT2D eigenvalue weighted by atomic mass is 10.3. The van der Waals surface area contributed by atoms with Gasteiger partial charge in [0.25, 0.3) is 5.91 Å². The number of carbonyl (C=O) groups is 1. The van der Waals surface area contributed by atoms with Gasteiger partial charge in [0.05, 0.1) is 5.56 Å². The Labute approximate surface area is 78.9 Å². The third kappa shape index (κ3) is 1.96. The second kappa shape index (κ2) is 3.22. The van der Waals surface area contributed by atoms with E-state index < -0.39 is 26.5 Å². The minimum atomic E-state index is -3.70. The summed E-state index contributed by atoms with van der Waals surface area (Å²) in [5, 5.41) is -0.509. The lowest BCUT2D eigenvalue weighted by Crippen LogP contribution is -2.23. The van der Waals surface area contributed by atoms with Crippen molar-refractivity contribution in [1.29, 1.82) is 0 Å². The van der Waals surface area contributed by atoms with Crippen molar-refractivity contribution < 1.29 is 13.2 Å². The molecular weight excluding hydrogens is 210 g/mol. The lowest BCUT2D eigenvalue weighted by Gasteiger charge is -2.01. The highest BCUT2D eigenvalue weighted by molar-refractivity contribution is 7.90. The first kappa shape index (κ1) is 10.4. The molecule has 0 aliphatic carbocycles. The highest BCUT2D eigenvalue weighted by atomic mass is 32.2. The summed E-state index contributed by atoms with van der Waals surface area (Å²) in [4.78, 5) is 26.6. The number of carbonyl (C=O) groups excluding carboxylic acids is 1. The van der Waals surface area contributed by atoms with Crippen LogP contribution in [0.1, 0.15) is 10.4 Å². The van der Waals surface area contributed by atoms with E-state index in [0.29, 0.717) is 0 Å². The first-order valence-electron chi connectivity index (χ1n) is 3.41. The van der Waals surface area contributed by atoms with E-state index in [9.17, 15) is 18.0 Å². The fourth-order valence-corrected chi connectivity index (χ4v) is 1.67. The van der Waals surface area contributed by atoms with Gasteiger partial charge in [-0.2, -0.15) is 0 Å². The molecule has 0 aliphatic rings.